The van der Waals surface area contributed by atoms with Crippen LogP contribution in [0.4, 0.5) is 0 Å². The Hall–Kier alpha value is -2.75. The number of ether oxygens (including phenoxy) is 1. The molecular weight excluding hydrogens is 300 g/mol. The molecule has 4 nitrogen and oxygen atoms in total. The van der Waals surface area contributed by atoms with E-state index >= 15 is 0 Å². The Labute approximate surface area is 141 Å². The van der Waals surface area contributed by atoms with Crippen LogP contribution in [-0.2, 0) is 24.2 Å². The first-order valence-corrected chi connectivity index (χ1v) is 8.22. The molecule has 1 aliphatic carbocycles. The molecule has 2 aromatic carbocycles. The number of hydrogen-bond acceptors (Lipinski definition) is 2. The third kappa shape index (κ3) is 2.64. The molecule has 1 amide bonds. The molecule has 0 saturated heterocycles. The number of para-hydroxylation sites is 1. The van der Waals surface area contributed by atoms with Crippen molar-refractivity contribution in [2.24, 2.45) is 0 Å². The summed E-state index contributed by atoms with van der Waals surface area (Å²) < 4.78 is 7.38. The second-order valence-electron chi connectivity index (χ2n) is 6.28. The average Bonchev–Trinajstić information content (AvgIpc) is 3.18. The van der Waals surface area contributed by atoms with Crippen LogP contribution in [0.25, 0.3) is 10.9 Å². The van der Waals surface area contributed by atoms with Gasteiger partial charge in [0.05, 0.1) is 12.6 Å². The Morgan fingerprint density at radius 2 is 1.88 bits per heavy atom. The van der Waals surface area contributed by atoms with Crippen LogP contribution in [0.5, 0.6) is 5.75 Å². The fourth-order valence-corrected chi connectivity index (χ4v) is 3.61. The maximum absolute atomic E-state index is 12.5. The van der Waals surface area contributed by atoms with E-state index < -0.39 is 0 Å². The summed E-state index contributed by atoms with van der Waals surface area (Å²) in [5.74, 6) is 0.829. The van der Waals surface area contributed by atoms with Crippen molar-refractivity contribution >= 4 is 16.8 Å². The summed E-state index contributed by atoms with van der Waals surface area (Å²) in [5, 5.41) is 4.24. The summed E-state index contributed by atoms with van der Waals surface area (Å²) in [7, 11) is 1.65. The first-order valence-electron chi connectivity index (χ1n) is 8.22. The predicted octanol–water partition coefficient (Wildman–Crippen LogP) is 2.93. The zero-order valence-electron chi connectivity index (χ0n) is 13.7. The van der Waals surface area contributed by atoms with E-state index in [1.807, 2.05) is 35.0 Å². The number of hydrogen-bond donors (Lipinski definition) is 1. The van der Waals surface area contributed by atoms with E-state index in [1.54, 1.807) is 7.11 Å². The molecule has 0 atom stereocenters. The average molecular weight is 320 g/mol. The van der Waals surface area contributed by atoms with Gasteiger partial charge in [-0.1, -0.05) is 36.4 Å². The number of nitrogens with zero attached hydrogens (tertiary/aromatic N) is 1. The molecule has 0 bridgehead atoms. The molecule has 122 valence electrons. The van der Waals surface area contributed by atoms with Gasteiger partial charge in [-0.15, -0.1) is 0 Å². The predicted molar refractivity (Wildman–Crippen MR) is 94.3 cm³/mol. The van der Waals surface area contributed by atoms with E-state index in [-0.39, 0.29) is 11.9 Å². The quantitative estimate of drug-likeness (QED) is 0.803. The van der Waals surface area contributed by atoms with E-state index in [1.165, 1.54) is 11.1 Å². The number of carbonyl (C=O) groups excluding carboxylic acids is 1. The van der Waals surface area contributed by atoms with Gasteiger partial charge >= 0.3 is 0 Å². The Balaban J connectivity index is 1.48. The largest absolute Gasteiger partial charge is 0.495 e. The van der Waals surface area contributed by atoms with Gasteiger partial charge in [0.1, 0.15) is 12.3 Å². The van der Waals surface area contributed by atoms with Crippen molar-refractivity contribution < 1.29 is 9.53 Å². The molecule has 24 heavy (non-hydrogen) atoms. The second-order valence-corrected chi connectivity index (χ2v) is 6.28. The molecule has 1 aliphatic rings. The Bertz CT molecular complexity index is 873. The van der Waals surface area contributed by atoms with Gasteiger partial charge in [0.15, 0.2) is 0 Å². The molecule has 0 unspecified atom stereocenters. The zero-order chi connectivity index (χ0) is 16.5. The Morgan fingerprint density at radius 1 is 1.12 bits per heavy atom. The zero-order valence-corrected chi connectivity index (χ0v) is 13.7. The van der Waals surface area contributed by atoms with E-state index in [9.17, 15) is 4.79 Å². The highest BCUT2D eigenvalue weighted by atomic mass is 16.5. The number of benzene rings is 2. The third-order valence-corrected chi connectivity index (χ3v) is 4.70. The first-order chi connectivity index (χ1) is 11.7. The molecule has 4 rings (SSSR count). The number of carbonyl (C=O) groups is 1. The van der Waals surface area contributed by atoms with Crippen molar-refractivity contribution in [2.45, 2.75) is 25.4 Å². The van der Waals surface area contributed by atoms with E-state index in [4.69, 9.17) is 4.74 Å². The van der Waals surface area contributed by atoms with Crippen LogP contribution >= 0.6 is 0 Å². The summed E-state index contributed by atoms with van der Waals surface area (Å²) in [6, 6.07) is 16.5. The van der Waals surface area contributed by atoms with Crippen LogP contribution in [0.3, 0.4) is 0 Å². The van der Waals surface area contributed by atoms with Crippen molar-refractivity contribution in [3.8, 4) is 5.75 Å². The van der Waals surface area contributed by atoms with Crippen molar-refractivity contribution in [3.05, 3.63) is 65.9 Å². The number of fused-ring (bicyclic) bond motifs is 2. The molecular formula is C20H20N2O2. The molecule has 1 aromatic heterocycles. The Morgan fingerprint density at radius 3 is 2.58 bits per heavy atom. The fraction of sp³-hybridized carbons (Fsp3) is 0.250. The molecule has 0 saturated carbocycles. The SMILES string of the molecule is COc1cccc2ccn(CC(=O)NC3Cc4ccccc4C3)c12. The minimum absolute atomic E-state index is 0.0382. The van der Waals surface area contributed by atoms with Crippen LogP contribution in [0.1, 0.15) is 11.1 Å². The van der Waals surface area contributed by atoms with Gasteiger partial charge in [-0.25, -0.2) is 0 Å². The smallest absolute Gasteiger partial charge is 0.240 e. The first kappa shape index (κ1) is 14.8. The summed E-state index contributed by atoms with van der Waals surface area (Å²) in [4.78, 5) is 12.5. The normalized spacial score (nSPS) is 13.9. The van der Waals surface area contributed by atoms with Gasteiger partial charge in [-0.05, 0) is 36.1 Å². The standard InChI is InChI=1S/C20H20N2O2/c1-24-18-8-4-7-14-9-10-22(20(14)18)13-19(23)21-17-11-15-5-2-3-6-16(15)12-17/h2-10,17H,11-13H2,1H3,(H,21,23). The van der Waals surface area contributed by atoms with E-state index in [2.05, 4.69) is 29.6 Å². The van der Waals surface area contributed by atoms with Crippen LogP contribution in [0.15, 0.2) is 54.7 Å². The van der Waals surface area contributed by atoms with Gasteiger partial charge in [0.25, 0.3) is 0 Å². The summed E-state index contributed by atoms with van der Waals surface area (Å²) >= 11 is 0. The lowest BCUT2D eigenvalue weighted by Gasteiger charge is -2.14. The monoisotopic (exact) mass is 320 g/mol. The molecule has 0 radical (unpaired) electrons. The second kappa shape index (κ2) is 6.04. The fourth-order valence-electron chi connectivity index (χ4n) is 3.61. The summed E-state index contributed by atoms with van der Waals surface area (Å²) in [6.07, 6.45) is 3.77. The number of nitrogens with one attached hydrogen (secondary N) is 1. The van der Waals surface area contributed by atoms with Crippen molar-refractivity contribution in [2.75, 3.05) is 7.11 Å². The van der Waals surface area contributed by atoms with Gasteiger partial charge in [0, 0.05) is 17.6 Å². The van der Waals surface area contributed by atoms with Crippen LogP contribution < -0.4 is 10.1 Å². The molecule has 1 heterocycles. The molecule has 0 aliphatic heterocycles. The molecule has 0 spiro atoms. The number of amides is 1. The van der Waals surface area contributed by atoms with Crippen molar-refractivity contribution in [3.63, 3.8) is 0 Å². The number of aromatic nitrogens is 1. The van der Waals surface area contributed by atoms with E-state index in [0.29, 0.717) is 6.54 Å². The lowest BCUT2D eigenvalue weighted by atomic mass is 10.1. The molecule has 3 aromatic rings. The lowest BCUT2D eigenvalue weighted by Crippen LogP contribution is -2.37. The lowest BCUT2D eigenvalue weighted by molar-refractivity contribution is -0.122. The number of rotatable bonds is 4. The maximum Gasteiger partial charge on any atom is 0.240 e. The number of methoxy groups -OCH3 is 1. The topological polar surface area (TPSA) is 43.3 Å². The minimum Gasteiger partial charge on any atom is -0.495 e. The van der Waals surface area contributed by atoms with Crippen LogP contribution in [0.2, 0.25) is 0 Å². The van der Waals surface area contributed by atoms with E-state index in [0.717, 1.165) is 29.5 Å². The van der Waals surface area contributed by atoms with Gasteiger partial charge in [-0.2, -0.15) is 0 Å². The highest BCUT2D eigenvalue weighted by molar-refractivity contribution is 5.88. The molecule has 1 N–H and O–H groups in total. The minimum atomic E-state index is 0.0382. The Kier molecular flexibility index (Phi) is 3.73. The molecule has 0 fully saturated rings. The summed E-state index contributed by atoms with van der Waals surface area (Å²) in [6.45, 7) is 0.302. The molecule has 4 heteroatoms. The van der Waals surface area contributed by atoms with Crippen LogP contribution in [0, 0.1) is 0 Å². The summed E-state index contributed by atoms with van der Waals surface area (Å²) in [5.41, 5.74) is 3.65. The van der Waals surface area contributed by atoms with Crippen LogP contribution in [-0.4, -0.2) is 23.6 Å². The van der Waals surface area contributed by atoms with Gasteiger partial charge in [0.2, 0.25) is 5.91 Å². The highest BCUT2D eigenvalue weighted by Gasteiger charge is 2.22. The maximum atomic E-state index is 12.5. The van der Waals surface area contributed by atoms with Crippen molar-refractivity contribution in [1.29, 1.82) is 0 Å². The van der Waals surface area contributed by atoms with Gasteiger partial charge < -0.3 is 14.6 Å². The highest BCUT2D eigenvalue weighted by Crippen LogP contribution is 2.26. The third-order valence-electron chi connectivity index (χ3n) is 4.70. The van der Waals surface area contributed by atoms with Crippen molar-refractivity contribution in [1.82, 2.24) is 9.88 Å². The van der Waals surface area contributed by atoms with Gasteiger partial charge in [-0.3, -0.25) is 4.79 Å².